The van der Waals surface area contributed by atoms with Crippen molar-refractivity contribution in [3.63, 3.8) is 0 Å². The first-order valence-corrected chi connectivity index (χ1v) is 6.26. The second-order valence-electron chi connectivity index (χ2n) is 4.33. The van der Waals surface area contributed by atoms with Gasteiger partial charge in [0, 0.05) is 11.6 Å². The number of thiazole rings is 1. The number of carbonyl (C=O) groups is 2. The fraction of sp³-hybridized carbons (Fsp3) is 0.364. The van der Waals surface area contributed by atoms with E-state index in [-0.39, 0.29) is 35.9 Å². The third kappa shape index (κ3) is 1.04. The van der Waals surface area contributed by atoms with Crippen molar-refractivity contribution in [3.05, 3.63) is 23.7 Å². The smallest absolute Gasteiger partial charge is 0.242 e. The fourth-order valence-corrected chi connectivity index (χ4v) is 3.47. The molecule has 4 atom stereocenters. The van der Waals surface area contributed by atoms with Crippen molar-refractivity contribution >= 4 is 28.3 Å². The van der Waals surface area contributed by atoms with Crippen LogP contribution >= 0.6 is 11.3 Å². The van der Waals surface area contributed by atoms with Crippen LogP contribution in [0.5, 0.6) is 0 Å². The number of amides is 2. The highest BCUT2D eigenvalue weighted by molar-refractivity contribution is 7.14. The first-order chi connectivity index (χ1) is 8.27. The van der Waals surface area contributed by atoms with Crippen molar-refractivity contribution in [2.75, 3.05) is 4.90 Å². The molecule has 5 nitrogen and oxygen atoms in total. The van der Waals surface area contributed by atoms with E-state index in [1.165, 1.54) is 16.2 Å². The van der Waals surface area contributed by atoms with Gasteiger partial charge >= 0.3 is 0 Å². The zero-order valence-corrected chi connectivity index (χ0v) is 9.46. The minimum absolute atomic E-state index is 0.174. The molecule has 1 aromatic rings. The molecule has 0 aliphatic carbocycles. The average Bonchev–Trinajstić information content (AvgIpc) is 3.03. The predicted molar refractivity (Wildman–Crippen MR) is 59.4 cm³/mol. The van der Waals surface area contributed by atoms with E-state index in [4.69, 9.17) is 4.74 Å². The Balaban J connectivity index is 1.79. The molecule has 17 heavy (non-hydrogen) atoms. The van der Waals surface area contributed by atoms with Crippen LogP contribution in [-0.2, 0) is 14.3 Å². The molecule has 6 heteroatoms. The summed E-state index contributed by atoms with van der Waals surface area (Å²) >= 11 is 1.30. The largest absolute Gasteiger partial charge is 0.365 e. The molecule has 2 saturated heterocycles. The Morgan fingerprint density at radius 3 is 2.35 bits per heavy atom. The van der Waals surface area contributed by atoms with Crippen LogP contribution in [0, 0.1) is 11.8 Å². The molecular weight excluding hydrogens is 240 g/mol. The summed E-state index contributed by atoms with van der Waals surface area (Å²) in [5.74, 6) is -1.04. The van der Waals surface area contributed by atoms with Gasteiger partial charge in [0.15, 0.2) is 5.13 Å². The van der Waals surface area contributed by atoms with Gasteiger partial charge in [0.05, 0.1) is 24.0 Å². The number of rotatable bonds is 1. The lowest BCUT2D eigenvalue weighted by Gasteiger charge is -2.13. The molecule has 2 amide bonds. The SMILES string of the molecule is O=C1[C@@H]2[C@H](C(=O)N1c1nccs1)[C@H]1C=C[C@@H]2O1. The minimum Gasteiger partial charge on any atom is -0.365 e. The first-order valence-electron chi connectivity index (χ1n) is 5.38. The van der Waals surface area contributed by atoms with Crippen molar-refractivity contribution in [3.8, 4) is 0 Å². The van der Waals surface area contributed by atoms with E-state index < -0.39 is 0 Å². The summed E-state index contributed by atoms with van der Waals surface area (Å²) < 4.78 is 5.55. The molecule has 2 bridgehead atoms. The number of fused-ring (bicyclic) bond motifs is 5. The monoisotopic (exact) mass is 248 g/mol. The van der Waals surface area contributed by atoms with E-state index in [0.29, 0.717) is 5.13 Å². The second kappa shape index (κ2) is 3.02. The Labute approximate surface area is 101 Å². The number of anilines is 1. The zero-order valence-electron chi connectivity index (χ0n) is 8.65. The van der Waals surface area contributed by atoms with Gasteiger partial charge in [-0.25, -0.2) is 9.88 Å². The molecule has 3 aliphatic rings. The molecule has 4 heterocycles. The third-order valence-corrected chi connectivity index (χ3v) is 4.28. The number of nitrogens with zero attached hydrogens (tertiary/aromatic N) is 2. The van der Waals surface area contributed by atoms with Crippen LogP contribution < -0.4 is 4.90 Å². The van der Waals surface area contributed by atoms with Crippen LogP contribution in [0.4, 0.5) is 5.13 Å². The number of carbonyl (C=O) groups excluding carboxylic acids is 2. The van der Waals surface area contributed by atoms with Crippen molar-refractivity contribution in [1.82, 2.24) is 4.98 Å². The van der Waals surface area contributed by atoms with Crippen molar-refractivity contribution in [2.24, 2.45) is 11.8 Å². The molecule has 0 aromatic carbocycles. The summed E-state index contributed by atoms with van der Waals surface area (Å²) in [6, 6.07) is 0. The van der Waals surface area contributed by atoms with Crippen LogP contribution in [0.25, 0.3) is 0 Å². The Kier molecular flexibility index (Phi) is 1.69. The first kappa shape index (κ1) is 9.49. The van der Waals surface area contributed by atoms with Gasteiger partial charge in [-0.15, -0.1) is 11.3 Å². The molecule has 3 aliphatic heterocycles. The molecule has 1 aromatic heterocycles. The van der Waals surface area contributed by atoms with Crippen LogP contribution in [-0.4, -0.2) is 29.0 Å². The maximum Gasteiger partial charge on any atom is 0.242 e. The zero-order chi connectivity index (χ0) is 11.6. The van der Waals surface area contributed by atoms with Crippen molar-refractivity contribution in [1.29, 1.82) is 0 Å². The Hall–Kier alpha value is -1.53. The van der Waals surface area contributed by atoms with Gasteiger partial charge in [0.2, 0.25) is 11.8 Å². The summed E-state index contributed by atoms with van der Waals surface area (Å²) in [6.07, 6.45) is 4.89. The molecule has 4 rings (SSSR count). The average molecular weight is 248 g/mol. The van der Waals surface area contributed by atoms with E-state index in [1.807, 2.05) is 12.2 Å². The molecule has 0 spiro atoms. The van der Waals surface area contributed by atoms with Gasteiger partial charge in [0.25, 0.3) is 0 Å². The molecule has 0 unspecified atom stereocenters. The number of aromatic nitrogens is 1. The lowest BCUT2D eigenvalue weighted by Crippen LogP contribution is -2.34. The van der Waals surface area contributed by atoms with Gasteiger partial charge in [-0.3, -0.25) is 9.59 Å². The van der Waals surface area contributed by atoms with Gasteiger partial charge in [-0.2, -0.15) is 0 Å². The van der Waals surface area contributed by atoms with E-state index in [9.17, 15) is 9.59 Å². The van der Waals surface area contributed by atoms with E-state index >= 15 is 0 Å². The van der Waals surface area contributed by atoms with E-state index in [1.54, 1.807) is 11.6 Å². The lowest BCUT2D eigenvalue weighted by molar-refractivity contribution is -0.124. The maximum atomic E-state index is 12.2. The Morgan fingerprint density at radius 2 is 1.82 bits per heavy atom. The van der Waals surface area contributed by atoms with Crippen molar-refractivity contribution in [2.45, 2.75) is 12.2 Å². The summed E-state index contributed by atoms with van der Waals surface area (Å²) in [6.45, 7) is 0. The summed E-state index contributed by atoms with van der Waals surface area (Å²) in [5, 5.41) is 2.22. The second-order valence-corrected chi connectivity index (χ2v) is 5.20. The lowest BCUT2D eigenvalue weighted by atomic mass is 9.85. The fourth-order valence-electron chi connectivity index (χ4n) is 2.82. The van der Waals surface area contributed by atoms with Gasteiger partial charge in [-0.1, -0.05) is 12.2 Å². The third-order valence-electron chi connectivity index (χ3n) is 3.52. The van der Waals surface area contributed by atoms with E-state index in [0.717, 1.165) is 0 Å². The topological polar surface area (TPSA) is 59.5 Å². The normalized spacial score (nSPS) is 38.2. The highest BCUT2D eigenvalue weighted by Gasteiger charge is 2.61. The van der Waals surface area contributed by atoms with Gasteiger partial charge < -0.3 is 4.74 Å². The van der Waals surface area contributed by atoms with Crippen LogP contribution in [0.3, 0.4) is 0 Å². The summed E-state index contributed by atoms with van der Waals surface area (Å²) in [7, 11) is 0. The number of imide groups is 1. The maximum absolute atomic E-state index is 12.2. The number of hydrogen-bond donors (Lipinski definition) is 0. The summed E-state index contributed by atoms with van der Waals surface area (Å²) in [5.41, 5.74) is 0. The highest BCUT2D eigenvalue weighted by Crippen LogP contribution is 2.46. The Morgan fingerprint density at radius 1 is 1.18 bits per heavy atom. The molecule has 86 valence electrons. The van der Waals surface area contributed by atoms with E-state index in [2.05, 4.69) is 4.98 Å². The highest BCUT2D eigenvalue weighted by atomic mass is 32.1. The van der Waals surface area contributed by atoms with Crippen LogP contribution in [0.2, 0.25) is 0 Å². The standard InChI is InChI=1S/C11H8N2O3S/c14-9-7-5-1-2-6(16-5)8(7)10(15)13(9)11-12-3-4-17-11/h1-8H/t5-,6+,7-,8+. The quantitative estimate of drug-likeness (QED) is 0.539. The molecule has 0 saturated carbocycles. The molecule has 0 N–H and O–H groups in total. The molecule has 2 fully saturated rings. The Bertz CT molecular complexity index is 509. The van der Waals surface area contributed by atoms with Crippen molar-refractivity contribution < 1.29 is 14.3 Å². The van der Waals surface area contributed by atoms with Crippen LogP contribution in [0.1, 0.15) is 0 Å². The summed E-state index contributed by atoms with van der Waals surface area (Å²) in [4.78, 5) is 29.7. The predicted octanol–water partition coefficient (Wildman–Crippen LogP) is 0.586. The van der Waals surface area contributed by atoms with Gasteiger partial charge in [-0.05, 0) is 0 Å². The molecule has 0 radical (unpaired) electrons. The number of hydrogen-bond acceptors (Lipinski definition) is 5. The van der Waals surface area contributed by atoms with Gasteiger partial charge in [0.1, 0.15) is 0 Å². The number of ether oxygens (including phenoxy) is 1. The minimum atomic E-state index is -0.346. The molecular formula is C11H8N2O3S. The van der Waals surface area contributed by atoms with Crippen LogP contribution in [0.15, 0.2) is 23.7 Å².